The Morgan fingerprint density at radius 1 is 1.39 bits per heavy atom. The van der Waals surface area contributed by atoms with Gasteiger partial charge in [-0.2, -0.15) is 0 Å². The quantitative estimate of drug-likeness (QED) is 0.869. The molecule has 2 amide bonds. The van der Waals surface area contributed by atoms with Crippen molar-refractivity contribution in [1.82, 2.24) is 10.2 Å². The van der Waals surface area contributed by atoms with Gasteiger partial charge in [-0.25, -0.2) is 4.79 Å². The Bertz CT molecular complexity index is 614. The monoisotopic (exact) mass is 314 g/mol. The maximum atomic E-state index is 12.7. The van der Waals surface area contributed by atoms with Crippen molar-refractivity contribution in [1.29, 1.82) is 0 Å². The number of amides is 2. The van der Waals surface area contributed by atoms with Gasteiger partial charge in [0.05, 0.1) is 12.1 Å². The Hall–Kier alpha value is -2.30. The van der Waals surface area contributed by atoms with Crippen LogP contribution < -0.4 is 5.32 Å². The third-order valence-corrected chi connectivity index (χ3v) is 4.57. The number of benzene rings is 1. The van der Waals surface area contributed by atoms with Crippen LogP contribution in [-0.4, -0.2) is 35.1 Å². The molecule has 1 aromatic carbocycles. The smallest absolute Gasteiger partial charge is 0.411 e. The second-order valence-electron chi connectivity index (χ2n) is 6.05. The van der Waals surface area contributed by atoms with Crippen molar-refractivity contribution in [2.45, 2.75) is 50.9 Å². The second kappa shape index (κ2) is 6.44. The molecule has 1 N–H and O–H groups in total. The van der Waals surface area contributed by atoms with Crippen LogP contribution >= 0.6 is 0 Å². The number of carbonyl (C=O) groups excluding carboxylic acids is 2. The van der Waals surface area contributed by atoms with E-state index in [2.05, 4.69) is 5.32 Å². The molecule has 1 fully saturated rings. The van der Waals surface area contributed by atoms with E-state index in [1.54, 1.807) is 11.0 Å². The molecule has 2 aliphatic rings. The molecule has 0 unspecified atom stereocenters. The number of hydrogen-bond donors (Lipinski definition) is 1. The maximum absolute atomic E-state index is 12.7. The lowest BCUT2D eigenvalue weighted by molar-refractivity contribution is -0.125. The number of nitrogens with one attached hydrogen (secondary N) is 1. The highest BCUT2D eigenvalue weighted by atomic mass is 16.6. The molecule has 0 aromatic heterocycles. The third kappa shape index (κ3) is 2.96. The summed E-state index contributed by atoms with van der Waals surface area (Å²) in [7, 11) is 0. The summed E-state index contributed by atoms with van der Waals surface area (Å²) in [6.45, 7) is 3.93. The van der Waals surface area contributed by atoms with Crippen LogP contribution in [0.25, 0.3) is 0 Å². The van der Waals surface area contributed by atoms with E-state index in [4.69, 9.17) is 4.74 Å². The minimum Gasteiger partial charge on any atom is -0.444 e. The van der Waals surface area contributed by atoms with Crippen LogP contribution in [0.15, 0.2) is 42.5 Å². The molecule has 0 saturated carbocycles. The largest absolute Gasteiger partial charge is 0.444 e. The summed E-state index contributed by atoms with van der Waals surface area (Å²) >= 11 is 0. The van der Waals surface area contributed by atoms with Crippen LogP contribution in [0.4, 0.5) is 4.79 Å². The molecule has 122 valence electrons. The Morgan fingerprint density at radius 3 is 2.83 bits per heavy atom. The Labute approximate surface area is 136 Å². The van der Waals surface area contributed by atoms with E-state index < -0.39 is 12.1 Å². The molecule has 0 radical (unpaired) electrons. The van der Waals surface area contributed by atoms with Crippen LogP contribution in [-0.2, 0) is 9.53 Å². The number of fused-ring (bicyclic) bond motifs is 1. The summed E-state index contributed by atoms with van der Waals surface area (Å²) in [4.78, 5) is 26.4. The maximum Gasteiger partial charge on any atom is 0.411 e. The van der Waals surface area contributed by atoms with Crippen LogP contribution in [0.5, 0.6) is 0 Å². The van der Waals surface area contributed by atoms with E-state index in [0.717, 1.165) is 18.4 Å². The summed E-state index contributed by atoms with van der Waals surface area (Å²) in [6.07, 6.45) is 4.75. The molecule has 1 saturated heterocycles. The van der Waals surface area contributed by atoms with E-state index in [1.165, 1.54) is 0 Å². The molecule has 5 heteroatoms. The first-order valence-corrected chi connectivity index (χ1v) is 8.12. The Morgan fingerprint density at radius 2 is 2.13 bits per heavy atom. The molecule has 0 spiro atoms. The van der Waals surface area contributed by atoms with Crippen LogP contribution in [0.3, 0.4) is 0 Å². The minimum absolute atomic E-state index is 0.0414. The van der Waals surface area contributed by atoms with Gasteiger partial charge in [0.25, 0.3) is 0 Å². The van der Waals surface area contributed by atoms with Crippen molar-refractivity contribution in [3.05, 3.63) is 48.0 Å². The SMILES string of the molecule is CC[C@@H]1OC(=O)N2[C@@H](C(=O)N[C@H](C)c3ccccc3)C=CC[C@@H]12. The molecular weight excluding hydrogens is 292 g/mol. The van der Waals surface area contributed by atoms with Gasteiger partial charge in [0, 0.05) is 0 Å². The zero-order valence-electron chi connectivity index (χ0n) is 13.4. The van der Waals surface area contributed by atoms with Crippen molar-refractivity contribution >= 4 is 12.0 Å². The lowest BCUT2D eigenvalue weighted by atomic mass is 9.97. The lowest BCUT2D eigenvalue weighted by Gasteiger charge is -2.32. The van der Waals surface area contributed by atoms with Crippen LogP contribution in [0, 0.1) is 0 Å². The van der Waals surface area contributed by atoms with Crippen molar-refractivity contribution in [2.75, 3.05) is 0 Å². The molecule has 0 bridgehead atoms. The van der Waals surface area contributed by atoms with Crippen LogP contribution in [0.1, 0.15) is 38.3 Å². The molecular formula is C18H22N2O3. The highest BCUT2D eigenvalue weighted by Crippen LogP contribution is 2.30. The standard InChI is InChI=1S/C18H22N2O3/c1-3-16-14-10-7-11-15(20(14)18(22)23-16)17(21)19-12(2)13-8-5-4-6-9-13/h4-9,11-12,14-16H,3,10H2,1-2H3,(H,19,21)/t12-,14+,15-,16+/m1/s1. The zero-order chi connectivity index (χ0) is 16.4. The van der Waals surface area contributed by atoms with Gasteiger partial charge in [-0.05, 0) is 25.3 Å². The molecule has 2 heterocycles. The molecule has 1 aromatic rings. The first-order chi connectivity index (χ1) is 11.1. The van der Waals surface area contributed by atoms with Gasteiger partial charge in [0.15, 0.2) is 0 Å². The van der Waals surface area contributed by atoms with E-state index in [-0.39, 0.29) is 24.1 Å². The summed E-state index contributed by atoms with van der Waals surface area (Å²) < 4.78 is 5.39. The molecule has 23 heavy (non-hydrogen) atoms. The first kappa shape index (κ1) is 15.6. The summed E-state index contributed by atoms with van der Waals surface area (Å²) in [5.74, 6) is -0.170. The number of ether oxygens (including phenoxy) is 1. The van der Waals surface area contributed by atoms with Gasteiger partial charge in [0.2, 0.25) is 5.91 Å². The Kier molecular flexibility index (Phi) is 4.37. The summed E-state index contributed by atoms with van der Waals surface area (Å²) in [5, 5.41) is 2.99. The minimum atomic E-state index is -0.594. The van der Waals surface area contributed by atoms with Crippen molar-refractivity contribution < 1.29 is 14.3 Å². The van der Waals surface area contributed by atoms with E-state index in [1.807, 2.05) is 50.3 Å². The van der Waals surface area contributed by atoms with Gasteiger partial charge in [-0.3, -0.25) is 9.69 Å². The number of nitrogens with zero attached hydrogens (tertiary/aromatic N) is 1. The molecule has 4 atom stereocenters. The average molecular weight is 314 g/mol. The molecule has 2 aliphatic heterocycles. The summed E-state index contributed by atoms with van der Waals surface area (Å²) in [6, 6.07) is 9.03. The predicted molar refractivity (Wildman–Crippen MR) is 86.7 cm³/mol. The van der Waals surface area contributed by atoms with Gasteiger partial charge >= 0.3 is 6.09 Å². The Balaban J connectivity index is 1.73. The van der Waals surface area contributed by atoms with Crippen LogP contribution in [0.2, 0.25) is 0 Å². The molecule has 3 rings (SSSR count). The highest BCUT2D eigenvalue weighted by Gasteiger charge is 2.46. The second-order valence-corrected chi connectivity index (χ2v) is 6.05. The van der Waals surface area contributed by atoms with Gasteiger partial charge < -0.3 is 10.1 Å². The number of carbonyl (C=O) groups is 2. The fourth-order valence-corrected chi connectivity index (χ4v) is 3.30. The van der Waals surface area contributed by atoms with Crippen molar-refractivity contribution in [3.63, 3.8) is 0 Å². The average Bonchev–Trinajstić information content (AvgIpc) is 2.92. The summed E-state index contributed by atoms with van der Waals surface area (Å²) in [5.41, 5.74) is 1.03. The van der Waals surface area contributed by atoms with Gasteiger partial charge in [-0.15, -0.1) is 0 Å². The molecule has 0 aliphatic carbocycles. The fraction of sp³-hybridized carbons (Fsp3) is 0.444. The van der Waals surface area contributed by atoms with Crippen molar-refractivity contribution in [3.8, 4) is 0 Å². The first-order valence-electron chi connectivity index (χ1n) is 8.12. The predicted octanol–water partition coefficient (Wildman–Crippen LogP) is 2.79. The van der Waals surface area contributed by atoms with E-state index in [9.17, 15) is 9.59 Å². The van der Waals surface area contributed by atoms with E-state index in [0.29, 0.717) is 0 Å². The fourth-order valence-electron chi connectivity index (χ4n) is 3.30. The number of cyclic esters (lactones) is 1. The van der Waals surface area contributed by atoms with E-state index >= 15 is 0 Å². The highest BCUT2D eigenvalue weighted by molar-refractivity contribution is 5.89. The zero-order valence-corrected chi connectivity index (χ0v) is 13.4. The van der Waals surface area contributed by atoms with Gasteiger partial charge in [-0.1, -0.05) is 49.4 Å². The normalized spacial score (nSPS) is 27.3. The lowest BCUT2D eigenvalue weighted by Crippen LogP contribution is -2.52. The number of hydrogen-bond acceptors (Lipinski definition) is 3. The van der Waals surface area contributed by atoms with Gasteiger partial charge in [0.1, 0.15) is 12.1 Å². The van der Waals surface area contributed by atoms with Crippen molar-refractivity contribution in [2.24, 2.45) is 0 Å². The third-order valence-electron chi connectivity index (χ3n) is 4.57. The topological polar surface area (TPSA) is 58.6 Å². The number of rotatable bonds is 4. The molecule has 5 nitrogen and oxygen atoms in total.